The van der Waals surface area contributed by atoms with Gasteiger partial charge in [0.2, 0.25) is 5.91 Å². The van der Waals surface area contributed by atoms with Crippen LogP contribution in [0.25, 0.3) is 0 Å². The first-order valence-electron chi connectivity index (χ1n) is 12.1. The zero-order valence-corrected chi connectivity index (χ0v) is 19.5. The lowest BCUT2D eigenvalue weighted by atomic mass is 9.91. The molecule has 0 spiro atoms. The lowest BCUT2D eigenvalue weighted by Gasteiger charge is -2.42. The third-order valence-corrected chi connectivity index (χ3v) is 7.55. The molecule has 0 bridgehead atoms. The molecule has 3 aliphatic heterocycles. The number of piperidine rings is 2. The first-order valence-corrected chi connectivity index (χ1v) is 12.1. The van der Waals surface area contributed by atoms with Gasteiger partial charge in [-0.1, -0.05) is 12.1 Å². The van der Waals surface area contributed by atoms with Gasteiger partial charge in [-0.2, -0.15) is 0 Å². The molecule has 1 aromatic carbocycles. The van der Waals surface area contributed by atoms with Gasteiger partial charge in [-0.3, -0.25) is 4.79 Å². The van der Waals surface area contributed by atoms with Crippen LogP contribution < -0.4 is 9.47 Å². The molecular weight excluding hydrogens is 390 g/mol. The van der Waals surface area contributed by atoms with Gasteiger partial charge in [-0.25, -0.2) is 0 Å². The molecule has 0 aliphatic carbocycles. The van der Waals surface area contributed by atoms with Crippen LogP contribution in [0.3, 0.4) is 0 Å². The molecular formula is C25H39N3O3. The van der Waals surface area contributed by atoms with E-state index >= 15 is 0 Å². The SMILES string of the molecule is CCN(CC1CCN(C2CCN(C)CC2)CC1)C(=O)[C@H]1COc2c(cccc2OC)C1. The van der Waals surface area contributed by atoms with Gasteiger partial charge in [0.1, 0.15) is 6.61 Å². The minimum atomic E-state index is -0.0983. The second kappa shape index (κ2) is 10.2. The van der Waals surface area contributed by atoms with E-state index in [1.807, 2.05) is 18.2 Å². The quantitative estimate of drug-likeness (QED) is 0.696. The third kappa shape index (κ3) is 5.17. The number of likely N-dealkylation sites (tertiary alicyclic amines) is 2. The number of hydrogen-bond acceptors (Lipinski definition) is 5. The van der Waals surface area contributed by atoms with Crippen LogP contribution in [0.4, 0.5) is 0 Å². The van der Waals surface area contributed by atoms with Crippen molar-refractivity contribution >= 4 is 5.91 Å². The molecule has 2 fully saturated rings. The van der Waals surface area contributed by atoms with Crippen molar-refractivity contribution in [2.45, 2.75) is 45.1 Å². The van der Waals surface area contributed by atoms with Crippen molar-refractivity contribution in [2.24, 2.45) is 11.8 Å². The summed E-state index contributed by atoms with van der Waals surface area (Å²) in [6, 6.07) is 6.70. The maximum atomic E-state index is 13.3. The Kier molecular flexibility index (Phi) is 7.39. The number of fused-ring (bicyclic) bond motifs is 1. The Bertz CT molecular complexity index is 740. The summed E-state index contributed by atoms with van der Waals surface area (Å²) >= 11 is 0. The van der Waals surface area contributed by atoms with Gasteiger partial charge < -0.3 is 24.2 Å². The molecule has 1 amide bonds. The molecule has 0 saturated carbocycles. The molecule has 6 heteroatoms. The van der Waals surface area contributed by atoms with Gasteiger partial charge in [-0.15, -0.1) is 0 Å². The molecule has 1 atom stereocenters. The van der Waals surface area contributed by atoms with Crippen LogP contribution in [-0.2, 0) is 11.2 Å². The van der Waals surface area contributed by atoms with Crippen molar-refractivity contribution in [1.82, 2.24) is 14.7 Å². The predicted molar refractivity (Wildman–Crippen MR) is 123 cm³/mol. The van der Waals surface area contributed by atoms with E-state index in [4.69, 9.17) is 9.47 Å². The van der Waals surface area contributed by atoms with E-state index in [2.05, 4.69) is 28.7 Å². The smallest absolute Gasteiger partial charge is 0.229 e. The Labute approximate surface area is 187 Å². The molecule has 6 nitrogen and oxygen atoms in total. The fraction of sp³-hybridized carbons (Fsp3) is 0.720. The van der Waals surface area contributed by atoms with Crippen molar-refractivity contribution in [1.29, 1.82) is 0 Å². The van der Waals surface area contributed by atoms with Crippen molar-refractivity contribution in [3.63, 3.8) is 0 Å². The highest BCUT2D eigenvalue weighted by Crippen LogP contribution is 2.36. The molecule has 0 radical (unpaired) electrons. The van der Waals surface area contributed by atoms with Crippen LogP contribution >= 0.6 is 0 Å². The highest BCUT2D eigenvalue weighted by Gasteiger charge is 2.33. The largest absolute Gasteiger partial charge is 0.493 e. The molecule has 2 saturated heterocycles. The predicted octanol–water partition coefficient (Wildman–Crippen LogP) is 2.90. The number of carbonyl (C=O) groups excluding carboxylic acids is 1. The number of nitrogens with zero attached hydrogens (tertiary/aromatic N) is 3. The number of para-hydroxylation sites is 1. The van der Waals surface area contributed by atoms with Crippen LogP contribution in [0, 0.1) is 11.8 Å². The van der Waals surface area contributed by atoms with E-state index in [1.165, 1.54) is 51.9 Å². The van der Waals surface area contributed by atoms with Gasteiger partial charge in [0.15, 0.2) is 11.5 Å². The van der Waals surface area contributed by atoms with Crippen molar-refractivity contribution in [3.8, 4) is 11.5 Å². The van der Waals surface area contributed by atoms with Crippen molar-refractivity contribution < 1.29 is 14.3 Å². The van der Waals surface area contributed by atoms with Crippen LogP contribution in [0.5, 0.6) is 11.5 Å². The fourth-order valence-electron chi connectivity index (χ4n) is 5.52. The zero-order valence-electron chi connectivity index (χ0n) is 19.5. The third-order valence-electron chi connectivity index (χ3n) is 7.55. The Hall–Kier alpha value is -1.79. The fourth-order valence-corrected chi connectivity index (χ4v) is 5.52. The average molecular weight is 430 g/mol. The Morgan fingerprint density at radius 1 is 1.16 bits per heavy atom. The summed E-state index contributed by atoms with van der Waals surface area (Å²) in [6.07, 6.45) is 5.74. The van der Waals surface area contributed by atoms with E-state index in [9.17, 15) is 4.79 Å². The molecule has 0 aromatic heterocycles. The average Bonchev–Trinajstić information content (AvgIpc) is 2.82. The highest BCUT2D eigenvalue weighted by atomic mass is 16.5. The second-order valence-corrected chi connectivity index (χ2v) is 9.55. The molecule has 0 unspecified atom stereocenters. The number of methoxy groups -OCH3 is 1. The second-order valence-electron chi connectivity index (χ2n) is 9.55. The summed E-state index contributed by atoms with van der Waals surface area (Å²) in [5.74, 6) is 2.32. The monoisotopic (exact) mass is 429 g/mol. The number of amides is 1. The Morgan fingerprint density at radius 2 is 1.90 bits per heavy atom. The van der Waals surface area contributed by atoms with Crippen LogP contribution in [0.1, 0.15) is 38.2 Å². The van der Waals surface area contributed by atoms with E-state index in [1.54, 1.807) is 7.11 Å². The van der Waals surface area contributed by atoms with Crippen molar-refractivity contribution in [3.05, 3.63) is 23.8 Å². The molecule has 31 heavy (non-hydrogen) atoms. The lowest BCUT2D eigenvalue weighted by molar-refractivity contribution is -0.137. The minimum absolute atomic E-state index is 0.0983. The van der Waals surface area contributed by atoms with Crippen LogP contribution in [0.2, 0.25) is 0 Å². The molecule has 3 aliphatic rings. The molecule has 0 N–H and O–H groups in total. The normalized spacial score (nSPS) is 23.8. The molecule has 1 aromatic rings. The van der Waals surface area contributed by atoms with Gasteiger partial charge in [0.25, 0.3) is 0 Å². The maximum absolute atomic E-state index is 13.3. The summed E-state index contributed by atoms with van der Waals surface area (Å²) in [4.78, 5) is 20.5. The lowest BCUT2D eigenvalue weighted by Crippen LogP contribution is -2.49. The van der Waals surface area contributed by atoms with Crippen molar-refractivity contribution in [2.75, 3.05) is 60.0 Å². The number of benzene rings is 1. The van der Waals surface area contributed by atoms with Crippen LogP contribution in [0.15, 0.2) is 18.2 Å². The topological polar surface area (TPSA) is 45.2 Å². The molecule has 4 rings (SSSR count). The summed E-state index contributed by atoms with van der Waals surface area (Å²) in [7, 11) is 3.89. The number of ether oxygens (including phenoxy) is 2. The maximum Gasteiger partial charge on any atom is 0.229 e. The van der Waals surface area contributed by atoms with Gasteiger partial charge in [-0.05, 0) is 89.8 Å². The first kappa shape index (κ1) is 22.4. The summed E-state index contributed by atoms with van der Waals surface area (Å²) in [6.45, 7) is 9.02. The number of hydrogen-bond donors (Lipinski definition) is 0. The summed E-state index contributed by atoms with van der Waals surface area (Å²) in [5, 5.41) is 0. The molecule has 3 heterocycles. The van der Waals surface area contributed by atoms with Gasteiger partial charge in [0.05, 0.1) is 13.0 Å². The van der Waals surface area contributed by atoms with E-state index in [-0.39, 0.29) is 11.8 Å². The van der Waals surface area contributed by atoms with Crippen LogP contribution in [-0.4, -0.2) is 86.7 Å². The minimum Gasteiger partial charge on any atom is -0.493 e. The standard InChI is InChI=1S/C25H39N3O3/c1-4-27(17-19-8-14-28(15-9-19)22-10-12-26(2)13-11-22)25(29)21-16-20-6-5-7-23(30-3)24(20)31-18-21/h5-7,19,21-22H,4,8-18H2,1-3H3/t21-/m1/s1. The number of rotatable bonds is 6. The van der Waals surface area contributed by atoms with Gasteiger partial charge in [0, 0.05) is 19.1 Å². The first-order chi connectivity index (χ1) is 15.1. The summed E-state index contributed by atoms with van der Waals surface area (Å²) < 4.78 is 11.4. The number of carbonyl (C=O) groups is 1. The van der Waals surface area contributed by atoms with E-state index in [0.29, 0.717) is 12.5 Å². The highest BCUT2D eigenvalue weighted by molar-refractivity contribution is 5.80. The summed E-state index contributed by atoms with van der Waals surface area (Å²) in [5.41, 5.74) is 1.08. The van der Waals surface area contributed by atoms with E-state index in [0.717, 1.165) is 42.6 Å². The van der Waals surface area contributed by atoms with Gasteiger partial charge >= 0.3 is 0 Å². The Morgan fingerprint density at radius 3 is 2.58 bits per heavy atom. The Balaban J connectivity index is 1.29. The zero-order chi connectivity index (χ0) is 21.8. The van der Waals surface area contributed by atoms with E-state index < -0.39 is 0 Å². The molecule has 172 valence electrons.